The van der Waals surface area contributed by atoms with E-state index in [-0.39, 0.29) is 5.91 Å². The average Bonchev–Trinajstić information content (AvgIpc) is 2.62. The number of ether oxygens (including phenoxy) is 1. The van der Waals surface area contributed by atoms with Crippen LogP contribution in [0.4, 0.5) is 5.69 Å². The van der Waals surface area contributed by atoms with E-state index in [0.717, 1.165) is 16.1 Å². The number of amides is 1. The number of sulfonamides is 1. The van der Waals surface area contributed by atoms with Crippen LogP contribution in [-0.4, -0.2) is 45.7 Å². The predicted octanol–water partition coefficient (Wildman–Crippen LogP) is 3.16. The molecule has 0 aromatic heterocycles. The third-order valence-electron chi connectivity index (χ3n) is 4.10. The molecule has 8 heteroatoms. The van der Waals surface area contributed by atoms with E-state index in [1.807, 2.05) is 12.1 Å². The van der Waals surface area contributed by atoms with E-state index >= 15 is 0 Å². The first-order chi connectivity index (χ1) is 12.6. The van der Waals surface area contributed by atoms with Crippen molar-refractivity contribution in [2.24, 2.45) is 0 Å². The van der Waals surface area contributed by atoms with Gasteiger partial charge in [-0.1, -0.05) is 23.7 Å². The molecule has 0 saturated heterocycles. The maximum Gasteiger partial charge on any atom is 0.246 e. The highest BCUT2D eigenvalue weighted by Crippen LogP contribution is 2.24. The van der Waals surface area contributed by atoms with Crippen molar-refractivity contribution in [1.29, 1.82) is 0 Å². The second-order valence-corrected chi connectivity index (χ2v) is 8.55. The maximum absolute atomic E-state index is 12.9. The minimum atomic E-state index is -3.67. The fraction of sp³-hybridized carbons (Fsp3) is 0.316. The van der Waals surface area contributed by atoms with Crippen LogP contribution in [0.3, 0.4) is 0 Å². The number of carbonyl (C=O) groups excluding carboxylic acids is 1. The molecule has 27 heavy (non-hydrogen) atoms. The average molecular weight is 411 g/mol. The third-order valence-corrected chi connectivity index (χ3v) is 5.60. The summed E-state index contributed by atoms with van der Waals surface area (Å²) in [6, 6.07) is 12.8. The molecule has 1 amide bonds. The minimum absolute atomic E-state index is 0.314. The molecule has 2 aromatic carbocycles. The zero-order valence-corrected chi connectivity index (χ0v) is 17.3. The molecule has 0 aliphatic carbocycles. The van der Waals surface area contributed by atoms with Gasteiger partial charge in [-0.2, -0.15) is 0 Å². The molecule has 0 radical (unpaired) electrons. The monoisotopic (exact) mass is 410 g/mol. The molecule has 6 nitrogen and oxygen atoms in total. The Hall–Kier alpha value is -2.25. The summed E-state index contributed by atoms with van der Waals surface area (Å²) in [5.41, 5.74) is 1.30. The van der Waals surface area contributed by atoms with Crippen molar-refractivity contribution < 1.29 is 17.9 Å². The zero-order valence-electron chi connectivity index (χ0n) is 15.7. The molecule has 0 heterocycles. The van der Waals surface area contributed by atoms with Gasteiger partial charge in [0.2, 0.25) is 15.9 Å². The highest BCUT2D eigenvalue weighted by atomic mass is 35.5. The molecule has 0 aliphatic rings. The predicted molar refractivity (Wildman–Crippen MR) is 108 cm³/mol. The lowest BCUT2D eigenvalue weighted by molar-refractivity contribution is -0.131. The molecule has 2 aromatic rings. The minimum Gasteiger partial charge on any atom is -0.497 e. The molecular formula is C19H23ClN2O4S. The molecule has 146 valence electrons. The first-order valence-electron chi connectivity index (χ1n) is 8.26. The molecule has 1 atom stereocenters. The van der Waals surface area contributed by atoms with Crippen LogP contribution >= 0.6 is 11.6 Å². The summed E-state index contributed by atoms with van der Waals surface area (Å²) < 4.78 is 30.9. The van der Waals surface area contributed by atoms with Crippen molar-refractivity contribution in [3.05, 3.63) is 59.1 Å². The fourth-order valence-electron chi connectivity index (χ4n) is 2.79. The SMILES string of the molecule is COc1ccc(N(C(C)C(=O)N(C)Cc2ccc(Cl)cc2)S(C)(=O)=O)cc1. The number of hydrogen-bond acceptors (Lipinski definition) is 4. The van der Waals surface area contributed by atoms with Gasteiger partial charge in [-0.25, -0.2) is 8.42 Å². The van der Waals surface area contributed by atoms with Crippen LogP contribution in [0.1, 0.15) is 12.5 Å². The number of rotatable bonds is 7. The van der Waals surface area contributed by atoms with E-state index in [1.165, 1.54) is 12.0 Å². The maximum atomic E-state index is 12.9. The van der Waals surface area contributed by atoms with Crippen LogP contribution in [0.15, 0.2) is 48.5 Å². The van der Waals surface area contributed by atoms with E-state index in [4.69, 9.17) is 16.3 Å². The summed E-state index contributed by atoms with van der Waals surface area (Å²) in [5.74, 6) is 0.289. The standard InChI is InChI=1S/C19H23ClN2O4S/c1-14(19(23)21(2)13-15-5-7-16(20)8-6-15)22(27(4,24)25)17-9-11-18(26-3)12-10-17/h5-12,14H,13H2,1-4H3. The lowest BCUT2D eigenvalue weighted by Crippen LogP contribution is -2.48. The molecule has 0 spiro atoms. The highest BCUT2D eigenvalue weighted by molar-refractivity contribution is 7.92. The van der Waals surface area contributed by atoms with Gasteiger partial charge in [-0.05, 0) is 48.9 Å². The quantitative estimate of drug-likeness (QED) is 0.703. The van der Waals surface area contributed by atoms with E-state index in [1.54, 1.807) is 50.4 Å². The van der Waals surface area contributed by atoms with Crippen LogP contribution in [0.5, 0.6) is 5.75 Å². The van der Waals surface area contributed by atoms with Gasteiger partial charge in [0.25, 0.3) is 0 Å². The van der Waals surface area contributed by atoms with Crippen molar-refractivity contribution >= 4 is 33.2 Å². The Morgan fingerprint density at radius 1 is 1.11 bits per heavy atom. The van der Waals surface area contributed by atoms with Gasteiger partial charge >= 0.3 is 0 Å². The Kier molecular flexibility index (Phi) is 6.73. The summed E-state index contributed by atoms with van der Waals surface area (Å²) >= 11 is 5.88. The van der Waals surface area contributed by atoms with Crippen molar-refractivity contribution in [3.63, 3.8) is 0 Å². The molecule has 0 saturated carbocycles. The van der Waals surface area contributed by atoms with Crippen molar-refractivity contribution in [2.75, 3.05) is 24.7 Å². The van der Waals surface area contributed by atoms with Gasteiger partial charge in [-0.3, -0.25) is 9.10 Å². The van der Waals surface area contributed by atoms with Crippen LogP contribution in [0, 0.1) is 0 Å². The second kappa shape index (κ2) is 8.63. The van der Waals surface area contributed by atoms with Crippen LogP contribution in [0.2, 0.25) is 5.02 Å². The van der Waals surface area contributed by atoms with E-state index < -0.39 is 16.1 Å². The summed E-state index contributed by atoms with van der Waals surface area (Å²) in [5, 5.41) is 0.615. The van der Waals surface area contributed by atoms with Gasteiger partial charge in [0.15, 0.2) is 0 Å². The summed E-state index contributed by atoms with van der Waals surface area (Å²) in [4.78, 5) is 14.4. The van der Waals surface area contributed by atoms with Crippen LogP contribution in [-0.2, 0) is 21.4 Å². The van der Waals surface area contributed by atoms with Gasteiger partial charge < -0.3 is 9.64 Å². The van der Waals surface area contributed by atoms with Gasteiger partial charge in [-0.15, -0.1) is 0 Å². The normalized spacial score (nSPS) is 12.3. The molecular weight excluding hydrogens is 388 g/mol. The molecule has 1 unspecified atom stereocenters. The van der Waals surface area contributed by atoms with Crippen molar-refractivity contribution in [1.82, 2.24) is 4.90 Å². The smallest absolute Gasteiger partial charge is 0.246 e. The number of carbonyl (C=O) groups is 1. The highest BCUT2D eigenvalue weighted by Gasteiger charge is 2.31. The molecule has 0 bridgehead atoms. The van der Waals surface area contributed by atoms with Gasteiger partial charge in [0.05, 0.1) is 19.1 Å². The molecule has 0 fully saturated rings. The van der Waals surface area contributed by atoms with Gasteiger partial charge in [0.1, 0.15) is 11.8 Å². The van der Waals surface area contributed by atoms with Crippen LogP contribution < -0.4 is 9.04 Å². The van der Waals surface area contributed by atoms with E-state index in [0.29, 0.717) is 23.0 Å². The number of likely N-dealkylation sites (N-methyl/N-ethyl adjacent to an activating group) is 1. The number of halogens is 1. The number of nitrogens with zero attached hydrogens (tertiary/aromatic N) is 2. The van der Waals surface area contributed by atoms with Gasteiger partial charge in [0, 0.05) is 18.6 Å². The Morgan fingerprint density at radius 2 is 1.67 bits per heavy atom. The molecule has 2 rings (SSSR count). The number of methoxy groups -OCH3 is 1. The van der Waals surface area contributed by atoms with Crippen LogP contribution in [0.25, 0.3) is 0 Å². The Balaban J connectivity index is 2.24. The summed E-state index contributed by atoms with van der Waals surface area (Å²) in [7, 11) is -0.496. The summed E-state index contributed by atoms with van der Waals surface area (Å²) in [6.07, 6.45) is 1.08. The Bertz CT molecular complexity index is 883. The zero-order chi connectivity index (χ0) is 20.2. The number of anilines is 1. The second-order valence-electron chi connectivity index (χ2n) is 6.25. The topological polar surface area (TPSA) is 66.9 Å². The van der Waals surface area contributed by atoms with E-state index in [9.17, 15) is 13.2 Å². The number of benzene rings is 2. The molecule has 0 aliphatic heterocycles. The Morgan fingerprint density at radius 3 is 2.15 bits per heavy atom. The van der Waals surface area contributed by atoms with Crippen molar-refractivity contribution in [3.8, 4) is 5.75 Å². The molecule has 0 N–H and O–H groups in total. The summed E-state index contributed by atoms with van der Waals surface area (Å²) in [6.45, 7) is 1.92. The Labute approximate surface area is 165 Å². The van der Waals surface area contributed by atoms with E-state index in [2.05, 4.69) is 0 Å². The lowest BCUT2D eigenvalue weighted by atomic mass is 10.2. The third kappa shape index (κ3) is 5.37. The number of hydrogen-bond donors (Lipinski definition) is 0. The largest absolute Gasteiger partial charge is 0.497 e. The first-order valence-corrected chi connectivity index (χ1v) is 10.5. The first kappa shape index (κ1) is 21.1. The fourth-order valence-corrected chi connectivity index (χ4v) is 4.09. The van der Waals surface area contributed by atoms with Crippen molar-refractivity contribution in [2.45, 2.75) is 19.5 Å². The lowest BCUT2D eigenvalue weighted by Gasteiger charge is -2.31.